The maximum atomic E-state index is 13.3. The Kier molecular flexibility index (Phi) is 3.78. The van der Waals surface area contributed by atoms with Gasteiger partial charge in [0.05, 0.1) is 21.9 Å². The lowest BCUT2D eigenvalue weighted by atomic mass is 9.98. The first-order chi connectivity index (χ1) is 14.5. The predicted molar refractivity (Wildman–Crippen MR) is 105 cm³/mol. The van der Waals surface area contributed by atoms with Crippen LogP contribution in [0.15, 0.2) is 68.3 Å². The molecule has 0 spiro atoms. The van der Waals surface area contributed by atoms with E-state index in [9.17, 15) is 19.7 Å². The number of fused-ring (bicyclic) bond motifs is 2. The van der Waals surface area contributed by atoms with Crippen LogP contribution in [0.1, 0.15) is 33.5 Å². The summed E-state index contributed by atoms with van der Waals surface area (Å²) in [5, 5.41) is 15.5. The van der Waals surface area contributed by atoms with Crippen LogP contribution in [0.25, 0.3) is 11.0 Å². The van der Waals surface area contributed by atoms with Crippen molar-refractivity contribution in [2.45, 2.75) is 13.0 Å². The lowest BCUT2D eigenvalue weighted by Crippen LogP contribution is -2.29. The minimum absolute atomic E-state index is 0.111. The molecule has 148 valence electrons. The molecular weight excluding hydrogens is 390 g/mol. The molecule has 0 bridgehead atoms. The molecule has 0 fully saturated rings. The minimum atomic E-state index is -0.947. The number of amides is 1. The van der Waals surface area contributed by atoms with Crippen LogP contribution >= 0.6 is 0 Å². The van der Waals surface area contributed by atoms with E-state index in [1.165, 1.54) is 23.1 Å². The third-order valence-electron chi connectivity index (χ3n) is 5.04. The Morgan fingerprint density at radius 1 is 1.10 bits per heavy atom. The van der Waals surface area contributed by atoms with Crippen molar-refractivity contribution >= 4 is 28.4 Å². The van der Waals surface area contributed by atoms with E-state index in [4.69, 9.17) is 8.94 Å². The fourth-order valence-corrected chi connectivity index (χ4v) is 3.75. The molecule has 1 amide bonds. The minimum Gasteiger partial charge on any atom is -0.450 e. The number of hydrogen-bond donors (Lipinski definition) is 0. The molecule has 0 saturated heterocycles. The van der Waals surface area contributed by atoms with Gasteiger partial charge in [0.15, 0.2) is 11.2 Å². The Labute approximate surface area is 168 Å². The second-order valence-electron chi connectivity index (χ2n) is 6.90. The molecule has 1 aliphatic rings. The summed E-state index contributed by atoms with van der Waals surface area (Å²) in [4.78, 5) is 38.6. The molecular formula is C21H13N3O6. The zero-order valence-electron chi connectivity index (χ0n) is 15.6. The average Bonchev–Trinajstić information content (AvgIpc) is 3.29. The van der Waals surface area contributed by atoms with Crippen LogP contribution in [0.2, 0.25) is 0 Å². The number of benzene rings is 2. The van der Waals surface area contributed by atoms with Crippen LogP contribution in [0, 0.1) is 17.0 Å². The van der Waals surface area contributed by atoms with E-state index in [0.717, 1.165) is 0 Å². The normalized spacial score (nSPS) is 15.6. The number of nitrogens with zero attached hydrogens (tertiary/aromatic N) is 3. The van der Waals surface area contributed by atoms with Gasteiger partial charge < -0.3 is 8.94 Å². The van der Waals surface area contributed by atoms with E-state index >= 15 is 0 Å². The topological polar surface area (TPSA) is 120 Å². The Balaban J connectivity index is 1.82. The van der Waals surface area contributed by atoms with Gasteiger partial charge in [-0.05, 0) is 24.6 Å². The number of aryl methyl sites for hydroxylation is 1. The van der Waals surface area contributed by atoms with E-state index in [1.807, 2.05) is 0 Å². The Hall–Kier alpha value is -4.27. The van der Waals surface area contributed by atoms with E-state index < -0.39 is 16.9 Å². The van der Waals surface area contributed by atoms with Crippen LogP contribution in [0.5, 0.6) is 0 Å². The van der Waals surface area contributed by atoms with Crippen LogP contribution in [-0.4, -0.2) is 16.0 Å². The van der Waals surface area contributed by atoms with Gasteiger partial charge in [-0.1, -0.05) is 29.4 Å². The molecule has 9 heteroatoms. The largest absolute Gasteiger partial charge is 0.450 e. The van der Waals surface area contributed by atoms with Crippen molar-refractivity contribution in [1.82, 2.24) is 5.16 Å². The number of para-hydroxylation sites is 1. The van der Waals surface area contributed by atoms with Gasteiger partial charge in [-0.3, -0.25) is 24.6 Å². The van der Waals surface area contributed by atoms with Crippen LogP contribution < -0.4 is 10.3 Å². The van der Waals surface area contributed by atoms with Crippen molar-refractivity contribution in [3.05, 3.63) is 97.6 Å². The number of non-ortho nitro benzene ring substituents is 1. The first kappa shape index (κ1) is 17.8. The molecule has 0 N–H and O–H groups in total. The highest BCUT2D eigenvalue weighted by atomic mass is 16.6. The Morgan fingerprint density at radius 3 is 2.63 bits per heavy atom. The summed E-state index contributed by atoms with van der Waals surface area (Å²) in [6.07, 6.45) is 0. The molecule has 4 aromatic rings. The van der Waals surface area contributed by atoms with Gasteiger partial charge in [0.1, 0.15) is 11.3 Å². The first-order valence-corrected chi connectivity index (χ1v) is 9.02. The number of carbonyl (C=O) groups is 1. The van der Waals surface area contributed by atoms with Gasteiger partial charge in [-0.2, -0.15) is 0 Å². The maximum Gasteiger partial charge on any atom is 0.296 e. The summed E-state index contributed by atoms with van der Waals surface area (Å²) in [6, 6.07) is 13.0. The molecule has 5 rings (SSSR count). The van der Waals surface area contributed by atoms with Crippen molar-refractivity contribution in [2.24, 2.45) is 0 Å². The molecule has 9 nitrogen and oxygen atoms in total. The highest BCUT2D eigenvalue weighted by Gasteiger charge is 2.45. The summed E-state index contributed by atoms with van der Waals surface area (Å²) in [7, 11) is 0. The zero-order valence-corrected chi connectivity index (χ0v) is 15.6. The van der Waals surface area contributed by atoms with Gasteiger partial charge in [-0.15, -0.1) is 0 Å². The quantitative estimate of drug-likeness (QED) is 0.377. The number of aromatic nitrogens is 1. The monoisotopic (exact) mass is 403 g/mol. The number of nitro groups is 1. The number of nitro benzene ring substituents is 1. The second kappa shape index (κ2) is 6.38. The lowest BCUT2D eigenvalue weighted by molar-refractivity contribution is -0.384. The molecule has 0 aliphatic carbocycles. The molecule has 0 radical (unpaired) electrons. The van der Waals surface area contributed by atoms with Crippen LogP contribution in [-0.2, 0) is 0 Å². The first-order valence-electron chi connectivity index (χ1n) is 9.02. The molecule has 3 heterocycles. The molecule has 1 atom stereocenters. The van der Waals surface area contributed by atoms with Crippen molar-refractivity contribution in [3.63, 3.8) is 0 Å². The van der Waals surface area contributed by atoms with Gasteiger partial charge in [0.2, 0.25) is 5.76 Å². The van der Waals surface area contributed by atoms with E-state index in [-0.39, 0.29) is 33.8 Å². The Bertz CT molecular complexity index is 1400. The molecule has 1 unspecified atom stereocenters. The van der Waals surface area contributed by atoms with E-state index in [0.29, 0.717) is 16.7 Å². The van der Waals surface area contributed by atoms with Crippen LogP contribution in [0.3, 0.4) is 0 Å². The summed E-state index contributed by atoms with van der Waals surface area (Å²) >= 11 is 0. The molecule has 2 aromatic heterocycles. The smallest absolute Gasteiger partial charge is 0.296 e. The van der Waals surface area contributed by atoms with Gasteiger partial charge in [-0.25, -0.2) is 0 Å². The Morgan fingerprint density at radius 2 is 1.90 bits per heavy atom. The van der Waals surface area contributed by atoms with Gasteiger partial charge in [0.25, 0.3) is 11.6 Å². The summed E-state index contributed by atoms with van der Waals surface area (Å²) in [5.41, 5.74) is 0.249. The molecule has 0 saturated carbocycles. The summed E-state index contributed by atoms with van der Waals surface area (Å²) < 4.78 is 10.9. The van der Waals surface area contributed by atoms with Crippen molar-refractivity contribution < 1.29 is 18.7 Å². The van der Waals surface area contributed by atoms with Gasteiger partial charge in [0, 0.05) is 18.2 Å². The van der Waals surface area contributed by atoms with Crippen molar-refractivity contribution in [3.8, 4) is 0 Å². The SMILES string of the molecule is Cc1cc(N2C(=O)c3oc4ccccc4c(=O)c3C2c2cccc([N+](=O)[O-])c2)no1. The second-order valence-corrected chi connectivity index (χ2v) is 6.90. The maximum absolute atomic E-state index is 13.3. The summed E-state index contributed by atoms with van der Waals surface area (Å²) in [5.74, 6) is -0.0339. The predicted octanol–water partition coefficient (Wildman–Crippen LogP) is 3.75. The fraction of sp³-hybridized carbons (Fsp3) is 0.0952. The highest BCUT2D eigenvalue weighted by molar-refractivity contribution is 6.10. The number of anilines is 1. The number of rotatable bonds is 3. The van der Waals surface area contributed by atoms with E-state index in [2.05, 4.69) is 5.16 Å². The molecule has 30 heavy (non-hydrogen) atoms. The molecule has 1 aliphatic heterocycles. The van der Waals surface area contributed by atoms with Crippen LogP contribution in [0.4, 0.5) is 11.5 Å². The van der Waals surface area contributed by atoms with Crippen molar-refractivity contribution in [1.29, 1.82) is 0 Å². The van der Waals surface area contributed by atoms with E-state index in [1.54, 1.807) is 43.3 Å². The fourth-order valence-electron chi connectivity index (χ4n) is 3.75. The summed E-state index contributed by atoms with van der Waals surface area (Å²) in [6.45, 7) is 1.67. The average molecular weight is 403 g/mol. The third kappa shape index (κ3) is 2.52. The third-order valence-corrected chi connectivity index (χ3v) is 5.04. The lowest BCUT2D eigenvalue weighted by Gasteiger charge is -2.22. The van der Waals surface area contributed by atoms with Gasteiger partial charge >= 0.3 is 0 Å². The van der Waals surface area contributed by atoms with Crippen molar-refractivity contribution in [2.75, 3.05) is 4.90 Å². The number of hydrogen-bond acceptors (Lipinski definition) is 7. The zero-order chi connectivity index (χ0) is 21.0. The highest BCUT2D eigenvalue weighted by Crippen LogP contribution is 2.41. The molecule has 2 aromatic carbocycles. The standard InChI is InChI=1S/C21H13N3O6/c1-11-9-16(22-30-11)23-18(12-5-4-6-13(10-12)24(27)28)17-19(25)14-7-2-3-8-15(14)29-20(17)21(23)26/h2-10,18H,1H3. The number of carbonyl (C=O) groups excluding carboxylic acids is 1.